The first-order valence-corrected chi connectivity index (χ1v) is 14.9. The average molecular weight is 592 g/mol. The number of esters is 1. The molecule has 0 bridgehead atoms. The topological polar surface area (TPSA) is 146 Å². The monoisotopic (exact) mass is 591 g/mol. The van der Waals surface area contributed by atoms with Crippen LogP contribution in [0.1, 0.15) is 82.1 Å². The fourth-order valence-corrected chi connectivity index (χ4v) is 5.43. The number of likely N-dealkylation sites (tertiary alicyclic amines) is 1. The van der Waals surface area contributed by atoms with Gasteiger partial charge in [0.05, 0.1) is 13.2 Å². The van der Waals surface area contributed by atoms with E-state index in [2.05, 4.69) is 10.0 Å². The molecule has 2 aromatic carbocycles. The van der Waals surface area contributed by atoms with Crippen molar-refractivity contribution in [3.63, 3.8) is 0 Å². The first kappa shape index (κ1) is 31.8. The summed E-state index contributed by atoms with van der Waals surface area (Å²) >= 11 is 0. The molecule has 1 saturated heterocycles. The molecule has 2 aliphatic heterocycles. The predicted molar refractivity (Wildman–Crippen MR) is 162 cm³/mol. The minimum Gasteiger partial charge on any atom is -0.494 e. The Hall–Kier alpha value is -4.08. The average Bonchev–Trinajstić information content (AvgIpc) is 3.39. The largest absolute Gasteiger partial charge is 0.494 e. The third-order valence-electron chi connectivity index (χ3n) is 7.42. The Bertz CT molecular complexity index is 1340. The van der Waals surface area contributed by atoms with E-state index in [-0.39, 0.29) is 37.8 Å². The molecule has 1 amide bonds. The molecule has 0 aromatic heterocycles. The molecule has 2 atom stereocenters. The molecule has 0 unspecified atom stereocenters. The van der Waals surface area contributed by atoms with Crippen molar-refractivity contribution < 1.29 is 28.9 Å². The number of nitrogens with zero attached hydrogens (tertiary/aromatic N) is 5. The van der Waals surface area contributed by atoms with Gasteiger partial charge in [0.2, 0.25) is 5.90 Å². The molecule has 0 spiro atoms. The molecule has 2 aromatic rings. The lowest BCUT2D eigenvalue weighted by molar-refractivity contribution is -0.155. The molecule has 1 fully saturated rings. The van der Waals surface area contributed by atoms with Crippen LogP contribution in [0.4, 0.5) is 0 Å². The lowest BCUT2D eigenvalue weighted by atomic mass is 9.81. The lowest BCUT2D eigenvalue weighted by Gasteiger charge is -2.37. The zero-order chi connectivity index (χ0) is 30.9. The van der Waals surface area contributed by atoms with Crippen molar-refractivity contribution in [1.82, 2.24) is 4.90 Å². The van der Waals surface area contributed by atoms with Gasteiger partial charge in [-0.15, -0.1) is 0 Å². The van der Waals surface area contributed by atoms with Gasteiger partial charge in [-0.25, -0.2) is 4.99 Å². The van der Waals surface area contributed by atoms with Gasteiger partial charge in [-0.2, -0.15) is 0 Å². The van der Waals surface area contributed by atoms with Crippen LogP contribution in [0.5, 0.6) is 5.75 Å². The van der Waals surface area contributed by atoms with E-state index in [1.807, 2.05) is 41.3 Å². The maximum atomic E-state index is 14.6. The fraction of sp³-hybridized carbons (Fsp3) is 0.531. The Morgan fingerprint density at radius 3 is 2.53 bits per heavy atom. The van der Waals surface area contributed by atoms with Gasteiger partial charge in [-0.05, 0) is 87.4 Å². The maximum absolute atomic E-state index is 14.6. The SMILES string of the molecule is CC(C)(C)OC(=O)CC[C@]1(C(=O)N2CCCCC2)N=C(c2ccc(OCCCO)cc2)O[C@H]1c1ccccc1CN=[N+]=[N-]. The number of benzene rings is 2. The summed E-state index contributed by atoms with van der Waals surface area (Å²) in [5.41, 5.74) is 8.94. The summed E-state index contributed by atoms with van der Waals surface area (Å²) in [7, 11) is 0. The maximum Gasteiger partial charge on any atom is 0.306 e. The third-order valence-corrected chi connectivity index (χ3v) is 7.42. The zero-order valence-electron chi connectivity index (χ0n) is 25.2. The highest BCUT2D eigenvalue weighted by Crippen LogP contribution is 2.45. The first-order chi connectivity index (χ1) is 20.7. The lowest BCUT2D eigenvalue weighted by Crippen LogP contribution is -2.52. The Kier molecular flexibility index (Phi) is 10.7. The molecule has 1 N–H and O–H groups in total. The number of aliphatic hydroxyl groups is 1. The number of hydrogen-bond donors (Lipinski definition) is 1. The number of aliphatic hydroxyl groups excluding tert-OH is 1. The fourth-order valence-electron chi connectivity index (χ4n) is 5.43. The number of aliphatic imine (C=N–C) groups is 1. The Morgan fingerprint density at radius 2 is 1.86 bits per heavy atom. The van der Waals surface area contributed by atoms with Crippen molar-refractivity contribution >= 4 is 17.8 Å². The molecule has 11 heteroatoms. The molecular weight excluding hydrogens is 550 g/mol. The number of carbonyl (C=O) groups excluding carboxylic acids is 2. The number of azide groups is 1. The van der Waals surface area contributed by atoms with Gasteiger partial charge in [0.15, 0.2) is 11.6 Å². The predicted octanol–water partition coefficient (Wildman–Crippen LogP) is 5.65. The Balaban J connectivity index is 1.79. The van der Waals surface area contributed by atoms with Crippen molar-refractivity contribution in [3.05, 3.63) is 75.7 Å². The van der Waals surface area contributed by atoms with Crippen LogP contribution in [0.2, 0.25) is 0 Å². The van der Waals surface area contributed by atoms with Crippen LogP contribution in [-0.2, 0) is 25.6 Å². The molecule has 0 saturated carbocycles. The quantitative estimate of drug-likeness (QED) is 0.111. The van der Waals surface area contributed by atoms with Gasteiger partial charge in [-0.3, -0.25) is 9.59 Å². The van der Waals surface area contributed by atoms with Crippen LogP contribution < -0.4 is 4.74 Å². The summed E-state index contributed by atoms with van der Waals surface area (Å²) in [6.07, 6.45) is 2.51. The van der Waals surface area contributed by atoms with Crippen molar-refractivity contribution in [2.24, 2.45) is 10.1 Å². The number of amides is 1. The normalized spacial score (nSPS) is 20.0. The molecule has 0 aliphatic carbocycles. The van der Waals surface area contributed by atoms with E-state index in [9.17, 15) is 9.59 Å². The highest BCUT2D eigenvalue weighted by molar-refractivity contribution is 6.01. The van der Waals surface area contributed by atoms with Crippen LogP contribution in [-0.4, -0.2) is 65.2 Å². The van der Waals surface area contributed by atoms with Crippen molar-refractivity contribution in [1.29, 1.82) is 0 Å². The van der Waals surface area contributed by atoms with E-state index in [4.69, 9.17) is 29.8 Å². The summed E-state index contributed by atoms with van der Waals surface area (Å²) in [5, 5.41) is 12.8. The smallest absolute Gasteiger partial charge is 0.306 e. The van der Waals surface area contributed by atoms with Gasteiger partial charge >= 0.3 is 5.97 Å². The summed E-state index contributed by atoms with van der Waals surface area (Å²) in [5.74, 6) is 0.290. The molecule has 2 heterocycles. The summed E-state index contributed by atoms with van der Waals surface area (Å²) in [6.45, 7) is 7.12. The van der Waals surface area contributed by atoms with Crippen LogP contribution in [0.3, 0.4) is 0 Å². The van der Waals surface area contributed by atoms with Gasteiger partial charge in [0, 0.05) is 43.0 Å². The van der Waals surface area contributed by atoms with E-state index in [1.165, 1.54) is 0 Å². The van der Waals surface area contributed by atoms with E-state index in [0.29, 0.717) is 48.6 Å². The highest BCUT2D eigenvalue weighted by Gasteiger charge is 2.55. The van der Waals surface area contributed by atoms with Gasteiger partial charge in [-0.1, -0.05) is 29.4 Å². The van der Waals surface area contributed by atoms with Crippen molar-refractivity contribution in [2.75, 3.05) is 26.3 Å². The number of ether oxygens (including phenoxy) is 3. The molecular formula is C32H41N5O6. The first-order valence-electron chi connectivity index (χ1n) is 14.9. The third kappa shape index (κ3) is 8.06. The highest BCUT2D eigenvalue weighted by atomic mass is 16.6. The summed E-state index contributed by atoms with van der Waals surface area (Å²) in [4.78, 5) is 37.3. The van der Waals surface area contributed by atoms with Crippen molar-refractivity contribution in [2.45, 2.75) is 83.1 Å². The number of carbonyl (C=O) groups is 2. The molecule has 11 nitrogen and oxygen atoms in total. The number of piperidine rings is 1. The second kappa shape index (κ2) is 14.4. The zero-order valence-corrected chi connectivity index (χ0v) is 25.2. The molecule has 230 valence electrons. The second-order valence-corrected chi connectivity index (χ2v) is 11.8. The van der Waals surface area contributed by atoms with E-state index < -0.39 is 23.2 Å². The summed E-state index contributed by atoms with van der Waals surface area (Å²) < 4.78 is 17.9. The van der Waals surface area contributed by atoms with Crippen LogP contribution in [0.25, 0.3) is 10.4 Å². The van der Waals surface area contributed by atoms with Crippen LogP contribution in [0.15, 0.2) is 58.6 Å². The summed E-state index contributed by atoms with van der Waals surface area (Å²) in [6, 6.07) is 14.6. The van der Waals surface area contributed by atoms with Crippen LogP contribution >= 0.6 is 0 Å². The van der Waals surface area contributed by atoms with Gasteiger partial charge in [0.1, 0.15) is 11.4 Å². The second-order valence-electron chi connectivity index (χ2n) is 11.8. The van der Waals surface area contributed by atoms with E-state index >= 15 is 0 Å². The minimum atomic E-state index is -1.45. The number of hydrogen-bond acceptors (Lipinski definition) is 8. The Labute approximate surface area is 252 Å². The standard InChI is InChI=1S/C32H41N5O6/c1-31(2,3)43-27(39)16-17-32(30(40)37-18-7-4-8-19-37)28(26-11-6-5-10-24(26)22-34-36-33)42-29(35-32)23-12-14-25(15-13-23)41-21-9-20-38/h5-6,10-15,28,38H,4,7-9,16-22H2,1-3H3/t28-,32-/m0/s1. The molecule has 43 heavy (non-hydrogen) atoms. The van der Waals surface area contributed by atoms with Gasteiger partial charge < -0.3 is 24.2 Å². The van der Waals surface area contributed by atoms with E-state index in [0.717, 1.165) is 19.3 Å². The van der Waals surface area contributed by atoms with Gasteiger partial charge in [0.25, 0.3) is 5.91 Å². The Morgan fingerprint density at radius 1 is 1.14 bits per heavy atom. The van der Waals surface area contributed by atoms with E-state index in [1.54, 1.807) is 32.9 Å². The number of rotatable bonds is 12. The minimum absolute atomic E-state index is 0.0381. The molecule has 4 rings (SSSR count). The van der Waals surface area contributed by atoms with Crippen molar-refractivity contribution in [3.8, 4) is 5.75 Å². The molecule has 0 radical (unpaired) electrons. The van der Waals surface area contributed by atoms with Crippen LogP contribution in [0, 0.1) is 0 Å². The molecule has 2 aliphatic rings.